The van der Waals surface area contributed by atoms with E-state index in [1.807, 2.05) is 6.07 Å². The molecule has 142 valence electrons. The molecule has 6 nitrogen and oxygen atoms in total. The van der Waals surface area contributed by atoms with Gasteiger partial charge in [0, 0.05) is 16.3 Å². The quantitative estimate of drug-likeness (QED) is 0.739. The average molecular weight is 389 g/mol. The summed E-state index contributed by atoms with van der Waals surface area (Å²) < 4.78 is 4.95. The number of hydrogen-bond acceptors (Lipinski definition) is 4. The number of carbonyl (C=O) groups excluding carboxylic acids is 3. The molecule has 0 heterocycles. The molecular formula is C20H21ClN2O4. The van der Waals surface area contributed by atoms with Gasteiger partial charge in [-0.1, -0.05) is 29.8 Å². The van der Waals surface area contributed by atoms with Crippen molar-refractivity contribution in [1.29, 1.82) is 0 Å². The molecule has 2 rings (SSSR count). The molecule has 2 aromatic rings. The Kier molecular flexibility index (Phi) is 7.37. The molecule has 27 heavy (non-hydrogen) atoms. The zero-order chi connectivity index (χ0) is 19.8. The Morgan fingerprint density at radius 3 is 2.30 bits per heavy atom. The van der Waals surface area contributed by atoms with Gasteiger partial charge in [-0.2, -0.15) is 0 Å². The van der Waals surface area contributed by atoms with Crippen molar-refractivity contribution in [3.05, 3.63) is 65.2 Å². The number of hydrogen-bond donors (Lipinski definition) is 1. The summed E-state index contributed by atoms with van der Waals surface area (Å²) in [5, 5.41) is 3.16. The number of nitrogens with one attached hydrogen (secondary N) is 1. The largest absolute Gasteiger partial charge is 0.465 e. The summed E-state index contributed by atoms with van der Waals surface area (Å²) in [6.45, 7) is 3.25. The number of amides is 2. The highest BCUT2D eigenvalue weighted by Crippen LogP contribution is 2.15. The third-order valence-electron chi connectivity index (χ3n) is 3.75. The van der Waals surface area contributed by atoms with Crippen molar-refractivity contribution < 1.29 is 19.1 Å². The molecule has 2 aromatic carbocycles. The van der Waals surface area contributed by atoms with Crippen LogP contribution in [-0.4, -0.2) is 37.0 Å². The van der Waals surface area contributed by atoms with E-state index in [0.717, 1.165) is 0 Å². The van der Waals surface area contributed by atoms with Crippen LogP contribution in [0.3, 0.4) is 0 Å². The van der Waals surface area contributed by atoms with Gasteiger partial charge in [-0.3, -0.25) is 19.3 Å². The van der Waals surface area contributed by atoms with Crippen LogP contribution in [0.25, 0.3) is 0 Å². The summed E-state index contributed by atoms with van der Waals surface area (Å²) in [4.78, 5) is 38.4. The van der Waals surface area contributed by atoms with Crippen LogP contribution in [0.5, 0.6) is 0 Å². The Morgan fingerprint density at radius 1 is 1.07 bits per heavy atom. The molecule has 1 unspecified atom stereocenters. The van der Waals surface area contributed by atoms with Gasteiger partial charge in [0.1, 0.15) is 12.6 Å². The van der Waals surface area contributed by atoms with Crippen molar-refractivity contribution >= 4 is 35.1 Å². The molecular weight excluding hydrogens is 368 g/mol. The van der Waals surface area contributed by atoms with Gasteiger partial charge in [-0.15, -0.1) is 0 Å². The molecule has 0 bridgehead atoms. The summed E-state index contributed by atoms with van der Waals surface area (Å²) in [6, 6.07) is 14.3. The van der Waals surface area contributed by atoms with Crippen molar-refractivity contribution in [2.45, 2.75) is 19.9 Å². The van der Waals surface area contributed by atoms with Crippen LogP contribution in [0.15, 0.2) is 54.6 Å². The van der Waals surface area contributed by atoms with Crippen molar-refractivity contribution in [3.8, 4) is 0 Å². The molecule has 0 spiro atoms. The summed E-state index contributed by atoms with van der Waals surface area (Å²) in [7, 11) is 0. The standard InChI is InChI=1S/C20H21ClN2O4/c1-3-27-18(24)13-23(17-7-5-4-6-8-17)20(26)14(2)22-19(25)15-9-11-16(21)12-10-15/h4-12,14H,3,13H2,1-2H3,(H,22,25). The molecule has 0 saturated heterocycles. The van der Waals surface area contributed by atoms with Gasteiger partial charge in [0.15, 0.2) is 0 Å². The SMILES string of the molecule is CCOC(=O)CN(C(=O)C(C)NC(=O)c1ccc(Cl)cc1)c1ccccc1. The van der Waals surface area contributed by atoms with Crippen LogP contribution in [0, 0.1) is 0 Å². The predicted molar refractivity (Wildman–Crippen MR) is 104 cm³/mol. The Hall–Kier alpha value is -2.86. The van der Waals surface area contributed by atoms with Gasteiger partial charge < -0.3 is 10.1 Å². The minimum atomic E-state index is -0.845. The van der Waals surface area contributed by atoms with Crippen molar-refractivity contribution in [2.24, 2.45) is 0 Å². The smallest absolute Gasteiger partial charge is 0.326 e. The topological polar surface area (TPSA) is 75.7 Å². The van der Waals surface area contributed by atoms with Crippen LogP contribution in [0.4, 0.5) is 5.69 Å². The highest BCUT2D eigenvalue weighted by Gasteiger charge is 2.26. The second-order valence-corrected chi connectivity index (χ2v) is 6.20. The first-order valence-corrected chi connectivity index (χ1v) is 8.88. The summed E-state index contributed by atoms with van der Waals surface area (Å²) in [6.07, 6.45) is 0. The lowest BCUT2D eigenvalue weighted by atomic mass is 10.2. The molecule has 1 N–H and O–H groups in total. The minimum absolute atomic E-state index is 0.221. The maximum Gasteiger partial charge on any atom is 0.326 e. The Labute approximate surface area is 163 Å². The average Bonchev–Trinajstić information content (AvgIpc) is 2.67. The number of para-hydroxylation sites is 1. The predicted octanol–water partition coefficient (Wildman–Crippen LogP) is 3.05. The van der Waals surface area contributed by atoms with Gasteiger partial charge in [0.25, 0.3) is 5.91 Å². The number of halogens is 1. The van der Waals surface area contributed by atoms with Gasteiger partial charge in [-0.05, 0) is 50.2 Å². The van der Waals surface area contributed by atoms with E-state index in [-0.39, 0.29) is 13.2 Å². The van der Waals surface area contributed by atoms with E-state index in [1.54, 1.807) is 62.4 Å². The fraction of sp³-hybridized carbons (Fsp3) is 0.250. The maximum absolute atomic E-state index is 12.9. The van der Waals surface area contributed by atoms with E-state index in [9.17, 15) is 14.4 Å². The molecule has 1 atom stereocenters. The lowest BCUT2D eigenvalue weighted by Gasteiger charge is -2.25. The third-order valence-corrected chi connectivity index (χ3v) is 4.00. The van der Waals surface area contributed by atoms with Crippen LogP contribution in [-0.2, 0) is 14.3 Å². The molecule has 0 saturated carbocycles. The highest BCUT2D eigenvalue weighted by molar-refractivity contribution is 6.30. The minimum Gasteiger partial charge on any atom is -0.465 e. The Morgan fingerprint density at radius 2 is 1.70 bits per heavy atom. The van der Waals surface area contributed by atoms with Crippen LogP contribution < -0.4 is 10.2 Å². The van der Waals surface area contributed by atoms with Crippen molar-refractivity contribution in [1.82, 2.24) is 5.32 Å². The number of anilines is 1. The number of rotatable bonds is 7. The van der Waals surface area contributed by atoms with E-state index < -0.39 is 23.8 Å². The van der Waals surface area contributed by atoms with E-state index in [0.29, 0.717) is 16.3 Å². The zero-order valence-corrected chi connectivity index (χ0v) is 15.9. The number of benzene rings is 2. The molecule has 0 aromatic heterocycles. The van der Waals surface area contributed by atoms with Crippen molar-refractivity contribution in [2.75, 3.05) is 18.1 Å². The first-order valence-electron chi connectivity index (χ1n) is 8.51. The van der Waals surface area contributed by atoms with Crippen LogP contribution in [0.2, 0.25) is 5.02 Å². The molecule has 0 aliphatic heterocycles. The van der Waals surface area contributed by atoms with E-state index in [4.69, 9.17) is 16.3 Å². The van der Waals surface area contributed by atoms with E-state index >= 15 is 0 Å². The number of ether oxygens (including phenoxy) is 1. The number of carbonyl (C=O) groups is 3. The molecule has 0 aliphatic carbocycles. The monoisotopic (exact) mass is 388 g/mol. The normalized spacial score (nSPS) is 11.4. The molecule has 7 heteroatoms. The lowest BCUT2D eigenvalue weighted by Crippen LogP contribution is -2.49. The van der Waals surface area contributed by atoms with E-state index in [2.05, 4.69) is 5.32 Å². The molecule has 0 radical (unpaired) electrons. The molecule has 0 aliphatic rings. The number of esters is 1. The first kappa shape index (κ1) is 20.5. The fourth-order valence-electron chi connectivity index (χ4n) is 2.42. The molecule has 2 amide bonds. The van der Waals surface area contributed by atoms with Crippen molar-refractivity contribution in [3.63, 3.8) is 0 Å². The van der Waals surface area contributed by atoms with Gasteiger partial charge >= 0.3 is 5.97 Å². The maximum atomic E-state index is 12.9. The van der Waals surface area contributed by atoms with Crippen LogP contribution >= 0.6 is 11.6 Å². The number of nitrogens with zero attached hydrogens (tertiary/aromatic N) is 1. The first-order chi connectivity index (χ1) is 12.9. The summed E-state index contributed by atoms with van der Waals surface area (Å²) in [5.41, 5.74) is 0.929. The van der Waals surface area contributed by atoms with Gasteiger partial charge in [0.05, 0.1) is 6.61 Å². The van der Waals surface area contributed by atoms with Crippen LogP contribution in [0.1, 0.15) is 24.2 Å². The third kappa shape index (κ3) is 5.82. The van der Waals surface area contributed by atoms with Gasteiger partial charge in [-0.25, -0.2) is 0 Å². The summed E-state index contributed by atoms with van der Waals surface area (Å²) >= 11 is 5.82. The second kappa shape index (κ2) is 9.73. The molecule has 0 fully saturated rings. The lowest BCUT2D eigenvalue weighted by molar-refractivity contribution is -0.142. The van der Waals surface area contributed by atoms with Gasteiger partial charge in [0.2, 0.25) is 5.91 Å². The van der Waals surface area contributed by atoms with E-state index in [1.165, 1.54) is 4.90 Å². The zero-order valence-electron chi connectivity index (χ0n) is 15.1. The fourth-order valence-corrected chi connectivity index (χ4v) is 2.54. The highest BCUT2D eigenvalue weighted by atomic mass is 35.5. The Balaban J connectivity index is 2.14. The summed E-state index contributed by atoms with van der Waals surface area (Å²) in [5.74, 6) is -1.35. The Bertz CT molecular complexity index is 793. The second-order valence-electron chi connectivity index (χ2n) is 5.77.